The van der Waals surface area contributed by atoms with Gasteiger partial charge in [0.25, 0.3) is 0 Å². The van der Waals surface area contributed by atoms with Gasteiger partial charge in [-0.1, -0.05) is 54.6 Å². The first-order chi connectivity index (χ1) is 16.5. The number of hydrogen-bond donors (Lipinski definition) is 0. The molecule has 0 aliphatic carbocycles. The predicted molar refractivity (Wildman–Crippen MR) is 131 cm³/mol. The molecule has 0 spiro atoms. The molecule has 0 saturated carbocycles. The van der Waals surface area contributed by atoms with Crippen molar-refractivity contribution in [2.24, 2.45) is 0 Å². The zero-order valence-electron chi connectivity index (χ0n) is 17.9. The maximum atomic E-state index is 12.8. The van der Waals surface area contributed by atoms with Crippen LogP contribution in [-0.2, 0) is 18.9 Å². The molecule has 0 radical (unpaired) electrons. The molecule has 174 valence electrons. The van der Waals surface area contributed by atoms with E-state index in [0.29, 0.717) is 16.7 Å². The van der Waals surface area contributed by atoms with Crippen molar-refractivity contribution in [3.05, 3.63) is 108 Å². The predicted octanol–water partition coefficient (Wildman–Crippen LogP) is 4.45. The second kappa shape index (κ2) is 11.3. The Hall–Kier alpha value is -3.24. The van der Waals surface area contributed by atoms with Gasteiger partial charge in [-0.25, -0.2) is 14.4 Å². The molecule has 0 N–H and O–H groups in total. The lowest BCUT2D eigenvalue weighted by atomic mass is 10.1. The van der Waals surface area contributed by atoms with E-state index in [1.54, 1.807) is 91.0 Å². The summed E-state index contributed by atoms with van der Waals surface area (Å²) in [6, 6.07) is 25.5. The van der Waals surface area contributed by atoms with Crippen molar-refractivity contribution in [1.82, 2.24) is 0 Å². The van der Waals surface area contributed by atoms with Crippen LogP contribution in [0, 0.1) is 0 Å². The van der Waals surface area contributed by atoms with Gasteiger partial charge < -0.3 is 18.9 Å². The highest BCUT2D eigenvalue weighted by atomic mass is 127. The largest absolute Gasteiger partial charge is 0.459 e. The van der Waals surface area contributed by atoms with Crippen molar-refractivity contribution in [3.8, 4) is 0 Å². The smallest absolute Gasteiger partial charge is 0.338 e. The van der Waals surface area contributed by atoms with Gasteiger partial charge in [0.1, 0.15) is 16.8 Å². The van der Waals surface area contributed by atoms with Gasteiger partial charge in [0.2, 0.25) is 0 Å². The van der Waals surface area contributed by atoms with E-state index in [1.807, 2.05) is 22.6 Å². The van der Waals surface area contributed by atoms with Gasteiger partial charge in [-0.15, -0.1) is 0 Å². The van der Waals surface area contributed by atoms with Crippen molar-refractivity contribution in [1.29, 1.82) is 0 Å². The first-order valence-electron chi connectivity index (χ1n) is 10.6. The standard InChI is InChI=1S/C26H21IO7/c27-23-22(34-26(30)19-14-8-3-9-15-19)21(33-25(29)18-12-6-2-7-13-18)20(32-23)16-31-24(28)17-10-4-1-5-11-17/h1-15,20-23H,16H2/t20-,21-,22-,23-/m1/s1. The molecule has 0 unspecified atom stereocenters. The molecular formula is C26H21IO7. The van der Waals surface area contributed by atoms with E-state index >= 15 is 0 Å². The second-order valence-electron chi connectivity index (χ2n) is 7.46. The van der Waals surface area contributed by atoms with Gasteiger partial charge in [0, 0.05) is 0 Å². The topological polar surface area (TPSA) is 88.1 Å². The summed E-state index contributed by atoms with van der Waals surface area (Å²) in [4.78, 5) is 37.9. The van der Waals surface area contributed by atoms with Crippen LogP contribution in [0.1, 0.15) is 31.1 Å². The Labute approximate surface area is 210 Å². The van der Waals surface area contributed by atoms with Crippen molar-refractivity contribution < 1.29 is 33.3 Å². The third-order valence-corrected chi connectivity index (χ3v) is 6.15. The van der Waals surface area contributed by atoms with Crippen LogP contribution in [0.4, 0.5) is 0 Å². The Bertz CT molecular complexity index is 1120. The summed E-state index contributed by atoms with van der Waals surface area (Å²) >= 11 is 1.98. The van der Waals surface area contributed by atoms with Crippen LogP contribution >= 0.6 is 22.6 Å². The molecule has 3 aromatic carbocycles. The van der Waals surface area contributed by atoms with Gasteiger partial charge in [-0.2, -0.15) is 0 Å². The average Bonchev–Trinajstić information content (AvgIpc) is 3.17. The molecular weight excluding hydrogens is 551 g/mol. The molecule has 0 bridgehead atoms. The van der Waals surface area contributed by atoms with Crippen molar-refractivity contribution >= 4 is 40.5 Å². The number of esters is 3. The summed E-state index contributed by atoms with van der Waals surface area (Å²) < 4.78 is 22.1. The number of alkyl halides is 1. The quantitative estimate of drug-likeness (QED) is 0.179. The van der Waals surface area contributed by atoms with Crippen LogP contribution in [0.2, 0.25) is 0 Å². The Morgan fingerprint density at radius 3 is 1.53 bits per heavy atom. The van der Waals surface area contributed by atoms with Crippen LogP contribution in [-0.4, -0.2) is 46.9 Å². The van der Waals surface area contributed by atoms with Crippen LogP contribution < -0.4 is 0 Å². The second-order valence-corrected chi connectivity index (χ2v) is 8.69. The zero-order chi connectivity index (χ0) is 23.9. The first kappa shape index (κ1) is 23.9. The number of benzene rings is 3. The fourth-order valence-corrected chi connectivity index (χ4v) is 4.36. The Kier molecular flexibility index (Phi) is 7.91. The van der Waals surface area contributed by atoms with Crippen LogP contribution in [0.15, 0.2) is 91.0 Å². The molecule has 1 heterocycles. The van der Waals surface area contributed by atoms with E-state index in [-0.39, 0.29) is 6.61 Å². The van der Waals surface area contributed by atoms with Gasteiger partial charge in [0.15, 0.2) is 12.2 Å². The highest BCUT2D eigenvalue weighted by molar-refractivity contribution is 14.1. The Morgan fingerprint density at radius 2 is 1.06 bits per heavy atom. The molecule has 1 fully saturated rings. The number of rotatable bonds is 7. The molecule has 4 atom stereocenters. The van der Waals surface area contributed by atoms with E-state index in [2.05, 4.69) is 0 Å². The fraction of sp³-hybridized carbons (Fsp3) is 0.192. The third kappa shape index (κ3) is 5.81. The van der Waals surface area contributed by atoms with E-state index in [1.165, 1.54) is 0 Å². The van der Waals surface area contributed by atoms with E-state index in [4.69, 9.17) is 18.9 Å². The SMILES string of the molecule is O=C(OC[C@H]1O[C@@H](I)[C@H](OC(=O)c2ccccc2)[C@@H]1OC(=O)c1ccccc1)c1ccccc1. The molecule has 1 saturated heterocycles. The molecule has 1 aliphatic heterocycles. The number of carbonyl (C=O) groups excluding carboxylic acids is 3. The minimum absolute atomic E-state index is 0.181. The van der Waals surface area contributed by atoms with Crippen molar-refractivity contribution in [2.45, 2.75) is 22.4 Å². The normalized spacial score (nSPS) is 21.4. The van der Waals surface area contributed by atoms with Gasteiger partial charge in [-0.05, 0) is 59.0 Å². The highest BCUT2D eigenvalue weighted by Gasteiger charge is 2.49. The van der Waals surface area contributed by atoms with Gasteiger partial charge in [-0.3, -0.25) is 0 Å². The van der Waals surface area contributed by atoms with E-state index in [0.717, 1.165) is 0 Å². The Morgan fingerprint density at radius 1 is 0.647 bits per heavy atom. The number of ether oxygens (including phenoxy) is 4. The molecule has 1 aliphatic rings. The van der Waals surface area contributed by atoms with Crippen molar-refractivity contribution in [3.63, 3.8) is 0 Å². The summed E-state index contributed by atoms with van der Waals surface area (Å²) in [6.45, 7) is -0.181. The molecule has 7 nitrogen and oxygen atoms in total. The minimum Gasteiger partial charge on any atom is -0.459 e. The minimum atomic E-state index is -0.981. The molecule has 34 heavy (non-hydrogen) atoms. The van der Waals surface area contributed by atoms with Crippen LogP contribution in [0.5, 0.6) is 0 Å². The van der Waals surface area contributed by atoms with Crippen molar-refractivity contribution in [2.75, 3.05) is 6.61 Å². The van der Waals surface area contributed by atoms with E-state index in [9.17, 15) is 14.4 Å². The number of hydrogen-bond acceptors (Lipinski definition) is 7. The molecule has 0 aromatic heterocycles. The molecule has 4 rings (SSSR count). The highest BCUT2D eigenvalue weighted by Crippen LogP contribution is 2.32. The summed E-state index contributed by atoms with van der Waals surface area (Å²) in [5.74, 6) is -1.70. The van der Waals surface area contributed by atoms with Gasteiger partial charge in [0.05, 0.1) is 16.7 Å². The van der Waals surface area contributed by atoms with Crippen LogP contribution in [0.25, 0.3) is 0 Å². The number of carbonyl (C=O) groups is 3. The number of halogens is 1. The zero-order valence-corrected chi connectivity index (χ0v) is 20.1. The Balaban J connectivity index is 1.51. The van der Waals surface area contributed by atoms with Gasteiger partial charge >= 0.3 is 17.9 Å². The lowest BCUT2D eigenvalue weighted by Crippen LogP contribution is -2.41. The summed E-state index contributed by atoms with van der Waals surface area (Å²) in [5, 5.41) is 0. The maximum Gasteiger partial charge on any atom is 0.338 e. The molecule has 0 amide bonds. The molecule has 8 heteroatoms. The first-order valence-corrected chi connectivity index (χ1v) is 11.8. The average molecular weight is 572 g/mol. The lowest BCUT2D eigenvalue weighted by Gasteiger charge is -2.23. The summed E-state index contributed by atoms with van der Waals surface area (Å²) in [7, 11) is 0. The third-order valence-electron chi connectivity index (χ3n) is 5.15. The van der Waals surface area contributed by atoms with E-state index < -0.39 is 40.3 Å². The maximum absolute atomic E-state index is 12.8. The summed E-state index contributed by atoms with van der Waals surface area (Å²) in [6.07, 6.45) is -2.71. The monoisotopic (exact) mass is 572 g/mol. The lowest BCUT2D eigenvalue weighted by molar-refractivity contribution is -0.0434. The summed E-state index contributed by atoms with van der Waals surface area (Å²) in [5.41, 5.74) is 1.09. The van der Waals surface area contributed by atoms with Crippen LogP contribution in [0.3, 0.4) is 0 Å². The molecule has 3 aromatic rings. The fourth-order valence-electron chi connectivity index (χ4n) is 3.43.